The van der Waals surface area contributed by atoms with Crippen molar-refractivity contribution in [3.63, 3.8) is 0 Å². The summed E-state index contributed by atoms with van der Waals surface area (Å²) in [6.45, 7) is 7.52. The molecule has 0 aromatic heterocycles. The predicted molar refractivity (Wildman–Crippen MR) is 140 cm³/mol. The molecule has 4 rings (SSSR count). The van der Waals surface area contributed by atoms with E-state index in [9.17, 15) is 19.2 Å². The first-order valence-electron chi connectivity index (χ1n) is 13.3. The zero-order valence-electron chi connectivity index (χ0n) is 22.2. The number of amides is 4. The summed E-state index contributed by atoms with van der Waals surface area (Å²) in [7, 11) is -1.28. The Morgan fingerprint density at radius 1 is 1.11 bits per heavy atom. The van der Waals surface area contributed by atoms with E-state index in [1.54, 1.807) is 4.90 Å². The molecule has 2 N–H and O–H groups in total. The fourth-order valence-electron chi connectivity index (χ4n) is 5.57. The number of imide groups is 1. The van der Waals surface area contributed by atoms with Gasteiger partial charge in [0.15, 0.2) is 0 Å². The van der Waals surface area contributed by atoms with Gasteiger partial charge in [0.1, 0.15) is 18.9 Å². The van der Waals surface area contributed by atoms with Crippen LogP contribution in [0.1, 0.15) is 60.0 Å². The number of carbonyl (C=O) groups excluding carboxylic acids is 4. The quantitative estimate of drug-likeness (QED) is 0.296. The maximum Gasteiger partial charge on any atom is 0.404 e. The Morgan fingerprint density at radius 3 is 2.59 bits per heavy atom. The smallest absolute Gasteiger partial charge is 0.404 e. The minimum absolute atomic E-state index is 0.0618. The van der Waals surface area contributed by atoms with Crippen LogP contribution in [0.3, 0.4) is 0 Å². The molecule has 37 heavy (non-hydrogen) atoms. The number of likely N-dealkylation sites (tertiary alicyclic amines) is 1. The summed E-state index contributed by atoms with van der Waals surface area (Å²) in [5, 5.41) is 0. The van der Waals surface area contributed by atoms with Crippen LogP contribution in [0, 0.1) is 5.92 Å². The number of nitrogens with two attached hydrogens (primary N) is 1. The molecule has 3 atom stereocenters. The number of carbonyl (C=O) groups is 4. The Labute approximate surface area is 219 Å². The topological polar surface area (TPSA) is 119 Å². The number of fused-ring (bicyclic) bond motifs is 1. The maximum absolute atomic E-state index is 13.3. The average molecular weight is 530 g/mol. The van der Waals surface area contributed by atoms with Gasteiger partial charge in [0, 0.05) is 39.1 Å². The monoisotopic (exact) mass is 529 g/mol. The van der Waals surface area contributed by atoms with Gasteiger partial charge in [-0.15, -0.1) is 0 Å². The van der Waals surface area contributed by atoms with E-state index < -0.39 is 20.2 Å². The van der Waals surface area contributed by atoms with E-state index in [0.29, 0.717) is 25.1 Å². The minimum atomic E-state index is -1.28. The van der Waals surface area contributed by atoms with Crippen molar-refractivity contribution in [2.45, 2.75) is 89.3 Å². The summed E-state index contributed by atoms with van der Waals surface area (Å²) in [4.78, 5) is 53.1. The first kappa shape index (κ1) is 27.3. The van der Waals surface area contributed by atoms with Crippen molar-refractivity contribution in [2.24, 2.45) is 11.7 Å². The Hall–Kier alpha value is -2.72. The first-order valence-corrected chi connectivity index (χ1v) is 17.0. The van der Waals surface area contributed by atoms with Gasteiger partial charge in [0.05, 0.1) is 0 Å². The van der Waals surface area contributed by atoms with Crippen LogP contribution in [0.25, 0.3) is 0 Å². The van der Waals surface area contributed by atoms with Crippen molar-refractivity contribution < 1.29 is 28.7 Å². The number of ether oxygens (including phenoxy) is 2. The van der Waals surface area contributed by atoms with Crippen molar-refractivity contribution in [3.8, 4) is 0 Å². The normalized spacial score (nSPS) is 24.4. The van der Waals surface area contributed by atoms with E-state index >= 15 is 0 Å². The van der Waals surface area contributed by atoms with Gasteiger partial charge < -0.3 is 20.1 Å². The highest BCUT2D eigenvalue weighted by atomic mass is 28.3. The SMILES string of the molecule is C[Si](C)(C)CCOCN1C(=O)CCC(N2Cc3cc(C[C@H]4CCCC[C@@H]4OC(N)=O)ccc3C2=O)C1=O. The Morgan fingerprint density at radius 2 is 1.86 bits per heavy atom. The highest BCUT2D eigenvalue weighted by Gasteiger charge is 2.43. The standard InChI is InChI=1S/C27H39N3O6Si/c1-37(2,3)13-12-35-17-30-24(31)11-10-22(26(30)33)29-16-20-15-18(8-9-21(20)25(29)32)14-19-6-4-5-7-23(19)36-27(28)34/h8-9,15,19,22-23H,4-7,10-14,16-17H2,1-3H3,(H2,28,34)/t19-,22?,23+/m1/s1. The van der Waals surface area contributed by atoms with E-state index in [4.69, 9.17) is 15.2 Å². The van der Waals surface area contributed by atoms with Crippen LogP contribution >= 0.6 is 0 Å². The third kappa shape index (κ3) is 6.59. The van der Waals surface area contributed by atoms with Gasteiger partial charge >= 0.3 is 6.09 Å². The van der Waals surface area contributed by atoms with Crippen molar-refractivity contribution >= 4 is 31.9 Å². The lowest BCUT2D eigenvalue weighted by Crippen LogP contribution is -2.55. The fourth-order valence-corrected chi connectivity index (χ4v) is 6.33. The van der Waals surface area contributed by atoms with Crippen molar-refractivity contribution in [3.05, 3.63) is 34.9 Å². The molecule has 1 saturated heterocycles. The Bertz CT molecular complexity index is 1060. The number of rotatable bonds is 9. The summed E-state index contributed by atoms with van der Waals surface area (Å²) in [5.74, 6) is -0.602. The zero-order chi connectivity index (χ0) is 26.7. The summed E-state index contributed by atoms with van der Waals surface area (Å²) in [6.07, 6.45) is 4.21. The lowest BCUT2D eigenvalue weighted by atomic mass is 9.82. The van der Waals surface area contributed by atoms with Crippen LogP contribution in [-0.2, 0) is 32.0 Å². The molecule has 0 radical (unpaired) electrons. The third-order valence-electron chi connectivity index (χ3n) is 7.68. The van der Waals surface area contributed by atoms with Gasteiger partial charge in [-0.3, -0.25) is 19.3 Å². The van der Waals surface area contributed by atoms with Crippen LogP contribution in [0.15, 0.2) is 18.2 Å². The van der Waals surface area contributed by atoms with Crippen LogP contribution in [0.2, 0.25) is 25.7 Å². The second-order valence-electron chi connectivity index (χ2n) is 11.7. The van der Waals surface area contributed by atoms with E-state index in [2.05, 4.69) is 19.6 Å². The molecule has 2 heterocycles. The zero-order valence-corrected chi connectivity index (χ0v) is 23.2. The number of primary amides is 1. The molecule has 2 aliphatic heterocycles. The van der Waals surface area contributed by atoms with E-state index in [-0.39, 0.29) is 42.9 Å². The van der Waals surface area contributed by atoms with Gasteiger partial charge in [0.25, 0.3) is 11.8 Å². The average Bonchev–Trinajstić information content (AvgIpc) is 3.14. The molecule has 1 aromatic rings. The molecule has 1 unspecified atom stereocenters. The number of piperidine rings is 1. The molecule has 4 amide bonds. The molecule has 0 spiro atoms. The molecule has 1 aliphatic carbocycles. The van der Waals surface area contributed by atoms with Crippen LogP contribution < -0.4 is 5.73 Å². The Kier molecular flexibility index (Phi) is 8.38. The summed E-state index contributed by atoms with van der Waals surface area (Å²) < 4.78 is 11.0. The summed E-state index contributed by atoms with van der Waals surface area (Å²) in [6, 6.07) is 6.08. The number of hydrogen-bond donors (Lipinski definition) is 1. The minimum Gasteiger partial charge on any atom is -0.446 e. The van der Waals surface area contributed by atoms with Gasteiger partial charge in [-0.25, -0.2) is 4.79 Å². The van der Waals surface area contributed by atoms with Crippen molar-refractivity contribution in [2.75, 3.05) is 13.3 Å². The maximum atomic E-state index is 13.3. The fraction of sp³-hybridized carbons (Fsp3) is 0.630. The Balaban J connectivity index is 1.41. The summed E-state index contributed by atoms with van der Waals surface area (Å²) in [5.41, 5.74) is 7.82. The lowest BCUT2D eigenvalue weighted by Gasteiger charge is -2.35. The second-order valence-corrected chi connectivity index (χ2v) is 17.3. The van der Waals surface area contributed by atoms with Crippen molar-refractivity contribution in [1.29, 1.82) is 0 Å². The van der Waals surface area contributed by atoms with Gasteiger partial charge in [-0.1, -0.05) is 38.2 Å². The highest BCUT2D eigenvalue weighted by Crippen LogP contribution is 2.33. The molecule has 10 heteroatoms. The molecular weight excluding hydrogens is 490 g/mol. The van der Waals surface area contributed by atoms with E-state index in [1.807, 2.05) is 18.2 Å². The van der Waals surface area contributed by atoms with Gasteiger partial charge in [0.2, 0.25) is 5.91 Å². The molecule has 3 aliphatic rings. The first-order chi connectivity index (χ1) is 17.5. The van der Waals surface area contributed by atoms with Gasteiger partial charge in [-0.2, -0.15) is 0 Å². The lowest BCUT2D eigenvalue weighted by molar-refractivity contribution is -0.158. The molecule has 1 saturated carbocycles. The number of hydrogen-bond acceptors (Lipinski definition) is 6. The third-order valence-corrected chi connectivity index (χ3v) is 9.39. The van der Waals surface area contributed by atoms with E-state index in [1.165, 1.54) is 4.90 Å². The molecule has 1 aromatic carbocycles. The number of benzene rings is 1. The molecule has 0 bridgehead atoms. The van der Waals surface area contributed by atoms with Crippen molar-refractivity contribution in [1.82, 2.24) is 9.80 Å². The largest absolute Gasteiger partial charge is 0.446 e. The predicted octanol–water partition coefficient (Wildman–Crippen LogP) is 3.67. The molecular formula is C27H39N3O6Si. The molecule has 9 nitrogen and oxygen atoms in total. The van der Waals surface area contributed by atoms with E-state index in [0.717, 1.165) is 49.3 Å². The molecule has 202 valence electrons. The molecule has 2 fully saturated rings. The van der Waals surface area contributed by atoms with Crippen LogP contribution in [0.5, 0.6) is 0 Å². The van der Waals surface area contributed by atoms with Gasteiger partial charge in [-0.05, 0) is 55.3 Å². The highest BCUT2D eigenvalue weighted by molar-refractivity contribution is 6.76. The summed E-state index contributed by atoms with van der Waals surface area (Å²) >= 11 is 0. The van der Waals surface area contributed by atoms with Crippen LogP contribution in [0.4, 0.5) is 4.79 Å². The second kappa shape index (κ2) is 11.3. The van der Waals surface area contributed by atoms with Crippen LogP contribution in [-0.4, -0.2) is 67.2 Å². The number of nitrogens with zero attached hydrogens (tertiary/aromatic N) is 2.